The third kappa shape index (κ3) is 3.84. The minimum absolute atomic E-state index is 0.897. The molecule has 3 heteroatoms. The zero-order chi connectivity index (χ0) is 22.7. The van der Waals surface area contributed by atoms with Gasteiger partial charge in [0.25, 0.3) is 0 Å². The zero-order valence-electron chi connectivity index (χ0n) is 18.5. The summed E-state index contributed by atoms with van der Waals surface area (Å²) >= 11 is 0. The second kappa shape index (κ2) is 8.72. The Balaban J connectivity index is 1.33. The Morgan fingerprint density at radius 2 is 1.18 bits per heavy atom. The minimum Gasteiger partial charge on any atom is -0.264 e. The van der Waals surface area contributed by atoms with Crippen LogP contribution in [0.1, 0.15) is 0 Å². The van der Waals surface area contributed by atoms with Crippen molar-refractivity contribution in [2.24, 2.45) is 0 Å². The third-order valence-corrected chi connectivity index (χ3v) is 6.10. The Hall–Kier alpha value is -4.63. The van der Waals surface area contributed by atoms with Gasteiger partial charge in [-0.25, -0.2) is 9.97 Å². The normalized spacial score (nSPS) is 10.9. The minimum atomic E-state index is 0.897. The number of hydrogen-bond donors (Lipinski definition) is 0. The Morgan fingerprint density at radius 1 is 0.471 bits per heavy atom. The van der Waals surface area contributed by atoms with E-state index in [2.05, 4.69) is 118 Å². The molecule has 3 nitrogen and oxygen atoms in total. The van der Waals surface area contributed by atoms with E-state index in [-0.39, 0.29) is 0 Å². The summed E-state index contributed by atoms with van der Waals surface area (Å²) in [6, 6.07) is 38.0. The summed E-state index contributed by atoms with van der Waals surface area (Å²) in [7, 11) is 0. The predicted molar refractivity (Wildman–Crippen MR) is 139 cm³/mol. The van der Waals surface area contributed by atoms with Crippen LogP contribution in [0.4, 0.5) is 0 Å². The van der Waals surface area contributed by atoms with Gasteiger partial charge in [-0.2, -0.15) is 0 Å². The van der Waals surface area contributed by atoms with Gasteiger partial charge in [0.15, 0.2) is 0 Å². The molecule has 0 spiro atoms. The van der Waals surface area contributed by atoms with Gasteiger partial charge in [-0.1, -0.05) is 91.0 Å². The molecule has 0 bridgehead atoms. The zero-order valence-corrected chi connectivity index (χ0v) is 18.5. The van der Waals surface area contributed by atoms with Gasteiger partial charge in [0.2, 0.25) is 0 Å². The number of benzene rings is 4. The molecule has 0 atom stereocenters. The van der Waals surface area contributed by atoms with Crippen molar-refractivity contribution in [2.75, 3.05) is 0 Å². The molecule has 6 aromatic rings. The van der Waals surface area contributed by atoms with E-state index in [1.165, 1.54) is 21.9 Å². The Labute approximate surface area is 198 Å². The highest BCUT2D eigenvalue weighted by molar-refractivity contribution is 5.96. The largest absolute Gasteiger partial charge is 0.264 e. The first-order valence-electron chi connectivity index (χ1n) is 11.3. The molecule has 0 N–H and O–H groups in total. The predicted octanol–water partition coefficient (Wildman–Crippen LogP) is 7.69. The Bertz CT molecular complexity index is 1580. The van der Waals surface area contributed by atoms with Crippen LogP contribution in [0.3, 0.4) is 0 Å². The fourth-order valence-corrected chi connectivity index (χ4v) is 4.36. The van der Waals surface area contributed by atoms with Crippen LogP contribution in [0.5, 0.6) is 0 Å². The number of nitrogens with zero attached hydrogens (tertiary/aromatic N) is 3. The van der Waals surface area contributed by atoms with E-state index in [1.807, 2.05) is 12.3 Å². The van der Waals surface area contributed by atoms with E-state index < -0.39 is 0 Å². The molecule has 0 saturated heterocycles. The summed E-state index contributed by atoms with van der Waals surface area (Å²) in [5, 5.41) is 2.51. The summed E-state index contributed by atoms with van der Waals surface area (Å²) in [5.74, 6) is 0. The molecule has 6 rings (SSSR count). The van der Waals surface area contributed by atoms with Gasteiger partial charge in [0.1, 0.15) is 6.33 Å². The maximum Gasteiger partial charge on any atom is 0.116 e. The van der Waals surface area contributed by atoms with Crippen molar-refractivity contribution in [1.29, 1.82) is 0 Å². The van der Waals surface area contributed by atoms with E-state index in [9.17, 15) is 0 Å². The van der Waals surface area contributed by atoms with Crippen molar-refractivity contribution in [2.45, 2.75) is 0 Å². The van der Waals surface area contributed by atoms with Crippen molar-refractivity contribution in [3.8, 4) is 44.8 Å². The van der Waals surface area contributed by atoms with Crippen LogP contribution in [0, 0.1) is 0 Å². The molecular weight excluding hydrogens is 414 g/mol. The molecule has 0 unspecified atom stereocenters. The number of pyridine rings is 1. The molecule has 160 valence electrons. The van der Waals surface area contributed by atoms with E-state index in [4.69, 9.17) is 0 Å². The van der Waals surface area contributed by atoms with E-state index in [1.54, 1.807) is 12.5 Å². The van der Waals surface area contributed by atoms with E-state index in [0.717, 1.165) is 33.6 Å². The Morgan fingerprint density at radius 3 is 2.03 bits per heavy atom. The summed E-state index contributed by atoms with van der Waals surface area (Å²) in [4.78, 5) is 13.3. The molecule has 0 aliphatic carbocycles. The van der Waals surface area contributed by atoms with Crippen LogP contribution >= 0.6 is 0 Å². The first kappa shape index (κ1) is 20.0. The van der Waals surface area contributed by atoms with Gasteiger partial charge >= 0.3 is 0 Å². The SMILES string of the molecule is c1cncc(-c2cccc(-c3cc(-c4ccc(-c5cccc6ccccc56)cc4)ncn3)c2)c1. The third-order valence-electron chi connectivity index (χ3n) is 6.10. The van der Waals surface area contributed by atoms with Crippen LogP contribution in [0.15, 0.2) is 128 Å². The molecule has 0 fully saturated rings. The lowest BCUT2D eigenvalue weighted by Crippen LogP contribution is -1.90. The number of aromatic nitrogens is 3. The number of fused-ring (bicyclic) bond motifs is 1. The van der Waals surface area contributed by atoms with Gasteiger partial charge < -0.3 is 0 Å². The second-order valence-electron chi connectivity index (χ2n) is 8.22. The first-order valence-corrected chi connectivity index (χ1v) is 11.3. The molecule has 0 aliphatic rings. The molecular formula is C31H21N3. The fourth-order valence-electron chi connectivity index (χ4n) is 4.36. The van der Waals surface area contributed by atoms with Gasteiger partial charge in [-0.15, -0.1) is 0 Å². The topological polar surface area (TPSA) is 38.7 Å². The number of hydrogen-bond acceptors (Lipinski definition) is 3. The maximum absolute atomic E-state index is 4.55. The monoisotopic (exact) mass is 435 g/mol. The Kier molecular flexibility index (Phi) is 5.13. The maximum atomic E-state index is 4.55. The van der Waals surface area contributed by atoms with Crippen molar-refractivity contribution in [1.82, 2.24) is 15.0 Å². The molecule has 0 amide bonds. The second-order valence-corrected chi connectivity index (χ2v) is 8.22. The molecule has 2 heterocycles. The van der Waals surface area contributed by atoms with Gasteiger partial charge in [0.05, 0.1) is 11.4 Å². The highest BCUT2D eigenvalue weighted by Gasteiger charge is 2.08. The van der Waals surface area contributed by atoms with Crippen molar-refractivity contribution < 1.29 is 0 Å². The molecule has 0 radical (unpaired) electrons. The average molecular weight is 436 g/mol. The van der Waals surface area contributed by atoms with E-state index in [0.29, 0.717) is 0 Å². The fraction of sp³-hybridized carbons (Fsp3) is 0. The number of rotatable bonds is 4. The van der Waals surface area contributed by atoms with Crippen LogP contribution < -0.4 is 0 Å². The molecule has 34 heavy (non-hydrogen) atoms. The summed E-state index contributed by atoms with van der Waals surface area (Å²) in [5.41, 5.74) is 8.55. The van der Waals surface area contributed by atoms with Crippen LogP contribution in [0.25, 0.3) is 55.5 Å². The van der Waals surface area contributed by atoms with E-state index >= 15 is 0 Å². The molecule has 4 aromatic carbocycles. The van der Waals surface area contributed by atoms with Gasteiger partial charge in [-0.05, 0) is 45.7 Å². The quantitative estimate of drug-likeness (QED) is 0.285. The van der Waals surface area contributed by atoms with Gasteiger partial charge in [0, 0.05) is 29.1 Å². The average Bonchev–Trinajstić information content (AvgIpc) is 2.93. The summed E-state index contributed by atoms with van der Waals surface area (Å²) in [6.45, 7) is 0. The van der Waals surface area contributed by atoms with Crippen LogP contribution in [0.2, 0.25) is 0 Å². The lowest BCUT2D eigenvalue weighted by atomic mass is 9.97. The molecule has 0 aliphatic heterocycles. The van der Waals surface area contributed by atoms with Crippen molar-refractivity contribution >= 4 is 10.8 Å². The molecule has 2 aromatic heterocycles. The first-order chi connectivity index (χ1) is 16.8. The van der Waals surface area contributed by atoms with Gasteiger partial charge in [-0.3, -0.25) is 4.98 Å². The standard InChI is InChI=1S/C31H21N3/c1-2-11-28-22(6-1)7-4-12-29(28)23-13-15-24(16-14-23)30-19-31(34-21-33-30)26-9-3-8-25(18-26)27-10-5-17-32-20-27/h1-21H. The highest BCUT2D eigenvalue weighted by atomic mass is 14.8. The summed E-state index contributed by atoms with van der Waals surface area (Å²) < 4.78 is 0. The molecule has 0 saturated carbocycles. The van der Waals surface area contributed by atoms with Crippen molar-refractivity contribution in [3.63, 3.8) is 0 Å². The lowest BCUT2D eigenvalue weighted by Gasteiger charge is -2.09. The lowest BCUT2D eigenvalue weighted by molar-refractivity contribution is 1.18. The summed E-state index contributed by atoms with van der Waals surface area (Å²) in [6.07, 6.45) is 5.30. The van der Waals surface area contributed by atoms with Crippen LogP contribution in [-0.4, -0.2) is 15.0 Å². The highest BCUT2D eigenvalue weighted by Crippen LogP contribution is 2.31. The van der Waals surface area contributed by atoms with Crippen LogP contribution in [-0.2, 0) is 0 Å². The van der Waals surface area contributed by atoms with Crippen molar-refractivity contribution in [3.05, 3.63) is 128 Å². The smallest absolute Gasteiger partial charge is 0.116 e.